The molecule has 1 heterocycles. The number of benzene rings is 2. The molecule has 138 valence electrons. The van der Waals surface area contributed by atoms with Crippen molar-refractivity contribution in [2.75, 3.05) is 43.5 Å². The molecule has 7 heteroatoms. The average molecular weight is 394 g/mol. The topological polar surface area (TPSA) is 44.8 Å². The number of urea groups is 1. The van der Waals surface area contributed by atoms with Gasteiger partial charge < -0.3 is 19.9 Å². The summed E-state index contributed by atoms with van der Waals surface area (Å²) in [6.45, 7) is 4.66. The number of hydrogen-bond donors (Lipinski definition) is 1. The Bertz CT molecular complexity index is 805. The first-order valence-electron chi connectivity index (χ1n) is 8.38. The lowest BCUT2D eigenvalue weighted by Crippen LogP contribution is -2.50. The summed E-state index contributed by atoms with van der Waals surface area (Å²) in [5.41, 5.74) is 2.70. The lowest BCUT2D eigenvalue weighted by Gasteiger charge is -2.36. The lowest BCUT2D eigenvalue weighted by atomic mass is 10.1. The second-order valence-corrected chi connectivity index (χ2v) is 7.03. The number of anilines is 2. The van der Waals surface area contributed by atoms with Crippen LogP contribution in [0.4, 0.5) is 16.2 Å². The highest BCUT2D eigenvalue weighted by atomic mass is 35.5. The van der Waals surface area contributed by atoms with E-state index in [9.17, 15) is 4.79 Å². The molecule has 1 aliphatic heterocycles. The van der Waals surface area contributed by atoms with E-state index in [0.717, 1.165) is 30.1 Å². The van der Waals surface area contributed by atoms with E-state index in [-0.39, 0.29) is 6.03 Å². The smallest absolute Gasteiger partial charge is 0.321 e. The minimum atomic E-state index is -0.119. The van der Waals surface area contributed by atoms with Gasteiger partial charge in [-0.25, -0.2) is 4.79 Å². The Labute approximate surface area is 163 Å². The molecule has 0 radical (unpaired) electrons. The van der Waals surface area contributed by atoms with Gasteiger partial charge in [-0.05, 0) is 36.8 Å². The van der Waals surface area contributed by atoms with Crippen molar-refractivity contribution in [1.82, 2.24) is 4.90 Å². The fraction of sp³-hybridized carbons (Fsp3) is 0.316. The number of rotatable bonds is 3. The summed E-state index contributed by atoms with van der Waals surface area (Å²) in [7, 11) is 1.64. The molecular weight excluding hydrogens is 373 g/mol. The van der Waals surface area contributed by atoms with Gasteiger partial charge in [-0.3, -0.25) is 0 Å². The van der Waals surface area contributed by atoms with Gasteiger partial charge in [0.2, 0.25) is 0 Å². The van der Waals surface area contributed by atoms with E-state index >= 15 is 0 Å². The Morgan fingerprint density at radius 3 is 2.50 bits per heavy atom. The fourth-order valence-corrected chi connectivity index (χ4v) is 3.32. The summed E-state index contributed by atoms with van der Waals surface area (Å²) in [5.74, 6) is 0.748. The molecule has 0 spiro atoms. The number of methoxy groups -OCH3 is 1. The first-order chi connectivity index (χ1) is 12.5. The molecule has 0 aromatic heterocycles. The van der Waals surface area contributed by atoms with Gasteiger partial charge in [0.25, 0.3) is 0 Å². The van der Waals surface area contributed by atoms with Crippen LogP contribution in [0.25, 0.3) is 0 Å². The average Bonchev–Trinajstić information content (AvgIpc) is 2.63. The molecule has 5 nitrogen and oxygen atoms in total. The van der Waals surface area contributed by atoms with E-state index in [4.69, 9.17) is 27.9 Å². The first kappa shape index (κ1) is 18.7. The SMILES string of the molecule is COc1cc(Cl)c(C)cc1N1CCN(C(=O)Nc2cccc(Cl)c2)CC1. The van der Waals surface area contributed by atoms with Crippen LogP contribution in [0.3, 0.4) is 0 Å². The van der Waals surface area contributed by atoms with Gasteiger partial charge in [0.15, 0.2) is 0 Å². The molecule has 0 unspecified atom stereocenters. The third-order valence-corrected chi connectivity index (χ3v) is 5.09. The minimum absolute atomic E-state index is 0.119. The molecule has 1 fully saturated rings. The number of carbonyl (C=O) groups excluding carboxylic acids is 1. The van der Waals surface area contributed by atoms with Crippen LogP contribution in [0.1, 0.15) is 5.56 Å². The fourth-order valence-electron chi connectivity index (χ4n) is 2.98. The van der Waals surface area contributed by atoms with Crippen molar-refractivity contribution in [3.8, 4) is 5.75 Å². The van der Waals surface area contributed by atoms with Crippen molar-refractivity contribution in [3.63, 3.8) is 0 Å². The number of nitrogens with zero attached hydrogens (tertiary/aromatic N) is 2. The molecule has 1 aliphatic rings. The van der Waals surface area contributed by atoms with E-state index in [0.29, 0.717) is 28.8 Å². The molecule has 0 atom stereocenters. The van der Waals surface area contributed by atoms with Gasteiger partial charge in [0.1, 0.15) is 5.75 Å². The number of halogens is 2. The summed E-state index contributed by atoms with van der Waals surface area (Å²) in [5, 5.41) is 4.17. The number of nitrogens with one attached hydrogen (secondary N) is 1. The predicted octanol–water partition coefficient (Wildman–Crippen LogP) is 4.66. The molecule has 1 N–H and O–H groups in total. The molecule has 0 aliphatic carbocycles. The highest BCUT2D eigenvalue weighted by Crippen LogP contribution is 2.34. The molecule has 26 heavy (non-hydrogen) atoms. The largest absolute Gasteiger partial charge is 0.495 e. The van der Waals surface area contributed by atoms with E-state index in [1.165, 1.54) is 0 Å². The van der Waals surface area contributed by atoms with E-state index < -0.39 is 0 Å². The lowest BCUT2D eigenvalue weighted by molar-refractivity contribution is 0.208. The van der Waals surface area contributed by atoms with Crippen LogP contribution in [0.2, 0.25) is 10.0 Å². The van der Waals surface area contributed by atoms with Gasteiger partial charge >= 0.3 is 6.03 Å². The molecule has 3 rings (SSSR count). The van der Waals surface area contributed by atoms with Gasteiger partial charge in [0, 0.05) is 48.0 Å². The van der Waals surface area contributed by atoms with Crippen LogP contribution in [0.15, 0.2) is 36.4 Å². The third-order valence-electron chi connectivity index (χ3n) is 4.44. The van der Waals surface area contributed by atoms with Crippen LogP contribution in [0, 0.1) is 6.92 Å². The quantitative estimate of drug-likeness (QED) is 0.823. The van der Waals surface area contributed by atoms with Gasteiger partial charge in [0.05, 0.1) is 12.8 Å². The molecule has 1 saturated heterocycles. The van der Waals surface area contributed by atoms with E-state index in [1.54, 1.807) is 24.1 Å². The van der Waals surface area contributed by atoms with Crippen molar-refractivity contribution < 1.29 is 9.53 Å². The summed E-state index contributed by atoms with van der Waals surface area (Å²) in [6, 6.07) is 10.9. The standard InChI is InChI=1S/C19H21Cl2N3O2/c1-13-10-17(18(26-2)12-16(13)21)23-6-8-24(9-7-23)19(25)22-15-5-3-4-14(20)11-15/h3-5,10-12H,6-9H2,1-2H3,(H,22,25). The van der Waals surface area contributed by atoms with Crippen molar-refractivity contribution >= 4 is 40.6 Å². The van der Waals surface area contributed by atoms with Crippen LogP contribution >= 0.6 is 23.2 Å². The maximum Gasteiger partial charge on any atom is 0.321 e. The van der Waals surface area contributed by atoms with Crippen molar-refractivity contribution in [2.24, 2.45) is 0 Å². The Morgan fingerprint density at radius 1 is 1.12 bits per heavy atom. The number of hydrogen-bond acceptors (Lipinski definition) is 3. The number of carbonyl (C=O) groups is 1. The normalized spacial score (nSPS) is 14.3. The number of aryl methyl sites for hydroxylation is 1. The molecule has 2 aromatic carbocycles. The predicted molar refractivity (Wildman–Crippen MR) is 107 cm³/mol. The number of piperazine rings is 1. The highest BCUT2D eigenvalue weighted by molar-refractivity contribution is 6.31. The summed E-state index contributed by atoms with van der Waals surface area (Å²) >= 11 is 12.1. The third kappa shape index (κ3) is 4.17. The number of amides is 2. The molecule has 0 saturated carbocycles. The zero-order valence-corrected chi connectivity index (χ0v) is 16.3. The van der Waals surface area contributed by atoms with Crippen molar-refractivity contribution in [3.05, 3.63) is 52.0 Å². The van der Waals surface area contributed by atoms with Crippen LogP contribution in [-0.2, 0) is 0 Å². The molecule has 0 bridgehead atoms. The van der Waals surface area contributed by atoms with Crippen LogP contribution in [0.5, 0.6) is 5.75 Å². The van der Waals surface area contributed by atoms with E-state index in [2.05, 4.69) is 10.2 Å². The van der Waals surface area contributed by atoms with Crippen LogP contribution in [-0.4, -0.2) is 44.2 Å². The zero-order chi connectivity index (χ0) is 18.7. The highest BCUT2D eigenvalue weighted by Gasteiger charge is 2.23. The van der Waals surface area contributed by atoms with Crippen molar-refractivity contribution in [1.29, 1.82) is 0 Å². The minimum Gasteiger partial charge on any atom is -0.495 e. The van der Waals surface area contributed by atoms with E-state index in [1.807, 2.05) is 31.2 Å². The Morgan fingerprint density at radius 2 is 1.85 bits per heavy atom. The second-order valence-electron chi connectivity index (χ2n) is 6.19. The second kappa shape index (κ2) is 8.06. The Kier molecular flexibility index (Phi) is 5.79. The van der Waals surface area contributed by atoms with Gasteiger partial charge in [-0.15, -0.1) is 0 Å². The maximum atomic E-state index is 12.5. The zero-order valence-electron chi connectivity index (χ0n) is 14.8. The van der Waals surface area contributed by atoms with Gasteiger partial charge in [-0.2, -0.15) is 0 Å². The Hall–Kier alpha value is -2.11. The summed E-state index contributed by atoms with van der Waals surface area (Å²) < 4.78 is 5.47. The molecule has 2 amide bonds. The molecular formula is C19H21Cl2N3O2. The van der Waals surface area contributed by atoms with Gasteiger partial charge in [-0.1, -0.05) is 29.3 Å². The van der Waals surface area contributed by atoms with Crippen molar-refractivity contribution in [2.45, 2.75) is 6.92 Å². The maximum absolute atomic E-state index is 12.5. The number of ether oxygens (including phenoxy) is 1. The molecule has 2 aromatic rings. The van der Waals surface area contributed by atoms with Crippen LogP contribution < -0.4 is 15.0 Å². The summed E-state index contributed by atoms with van der Waals surface area (Å²) in [6.07, 6.45) is 0. The monoisotopic (exact) mass is 393 g/mol. The summed E-state index contributed by atoms with van der Waals surface area (Å²) in [4.78, 5) is 16.5. The Balaban J connectivity index is 1.64. The first-order valence-corrected chi connectivity index (χ1v) is 9.14.